The molecule has 0 aliphatic rings. The quantitative estimate of drug-likeness (QED) is 0.573. The van der Waals surface area contributed by atoms with E-state index in [0.717, 1.165) is 6.07 Å². The van der Waals surface area contributed by atoms with E-state index in [2.05, 4.69) is 10.6 Å². The van der Waals surface area contributed by atoms with Crippen LogP contribution in [-0.2, 0) is 9.59 Å². The second kappa shape index (κ2) is 11.3. The number of amides is 3. The predicted molar refractivity (Wildman–Crippen MR) is 114 cm³/mol. The Morgan fingerprint density at radius 1 is 0.969 bits per heavy atom. The van der Waals surface area contributed by atoms with E-state index in [4.69, 9.17) is 0 Å². The molecule has 0 aliphatic carbocycles. The molecule has 2 N–H and O–H groups in total. The summed E-state index contributed by atoms with van der Waals surface area (Å²) in [6, 6.07) is 9.08. The van der Waals surface area contributed by atoms with Crippen molar-refractivity contribution in [3.63, 3.8) is 0 Å². The highest BCUT2D eigenvalue weighted by Crippen LogP contribution is 2.19. The van der Waals surface area contributed by atoms with Crippen LogP contribution in [0.1, 0.15) is 37.6 Å². The topological polar surface area (TPSA) is 78.5 Å². The highest BCUT2D eigenvalue weighted by atomic mass is 19.2. The van der Waals surface area contributed by atoms with E-state index in [1.165, 1.54) is 4.90 Å². The third kappa shape index (κ3) is 6.32. The third-order valence-electron chi connectivity index (χ3n) is 4.70. The number of hydrogen-bond acceptors (Lipinski definition) is 3. The lowest BCUT2D eigenvalue weighted by molar-refractivity contribution is -0.137. The maximum Gasteiger partial charge on any atom is 0.251 e. The Kier molecular flexibility index (Phi) is 8.80. The lowest BCUT2D eigenvalue weighted by Gasteiger charge is -2.29. The van der Waals surface area contributed by atoms with Gasteiger partial charge in [-0.15, -0.1) is 0 Å². The number of hydrogen-bond donors (Lipinski definition) is 2. The molecule has 0 saturated carbocycles. The van der Waals surface area contributed by atoms with Gasteiger partial charge in [0.2, 0.25) is 11.8 Å². The van der Waals surface area contributed by atoms with Crippen LogP contribution in [0.15, 0.2) is 42.5 Å². The van der Waals surface area contributed by atoms with Gasteiger partial charge in [0.1, 0.15) is 6.04 Å². The van der Waals surface area contributed by atoms with Crippen LogP contribution in [0.4, 0.5) is 18.9 Å². The molecule has 0 heterocycles. The molecule has 1 unspecified atom stereocenters. The van der Waals surface area contributed by atoms with Crippen molar-refractivity contribution in [1.82, 2.24) is 10.2 Å². The molecule has 0 bridgehead atoms. The predicted octanol–water partition coefficient (Wildman–Crippen LogP) is 3.74. The molecule has 0 aliphatic heterocycles. The second-order valence-electron chi connectivity index (χ2n) is 7.59. The number of benzene rings is 2. The largest absolute Gasteiger partial charge is 0.340 e. The number of nitrogens with zero attached hydrogens (tertiary/aromatic N) is 1. The fourth-order valence-corrected chi connectivity index (χ4v) is 3.05. The molecule has 0 aromatic heterocycles. The molecular weight excluding hydrogens is 423 g/mol. The van der Waals surface area contributed by atoms with Crippen LogP contribution >= 0.6 is 0 Å². The molecule has 0 saturated heterocycles. The number of rotatable bonds is 9. The molecule has 2 rings (SSSR count). The number of carbonyl (C=O) groups excluding carboxylic acids is 3. The zero-order valence-corrected chi connectivity index (χ0v) is 18.1. The number of anilines is 1. The number of halogens is 3. The first-order valence-corrected chi connectivity index (χ1v) is 10.2. The summed E-state index contributed by atoms with van der Waals surface area (Å²) in [4.78, 5) is 39.3. The van der Waals surface area contributed by atoms with Crippen LogP contribution in [0.3, 0.4) is 0 Å². The van der Waals surface area contributed by atoms with Crippen LogP contribution in [0.25, 0.3) is 0 Å². The average Bonchev–Trinajstić information content (AvgIpc) is 2.77. The van der Waals surface area contributed by atoms with Crippen LogP contribution in [0, 0.1) is 23.4 Å². The molecule has 2 aromatic rings. The van der Waals surface area contributed by atoms with Gasteiger partial charge in [-0.05, 0) is 36.6 Å². The van der Waals surface area contributed by atoms with E-state index in [9.17, 15) is 27.6 Å². The molecule has 172 valence electrons. The van der Waals surface area contributed by atoms with Gasteiger partial charge in [0.25, 0.3) is 5.91 Å². The first-order chi connectivity index (χ1) is 15.1. The zero-order chi connectivity index (χ0) is 23.8. The summed E-state index contributed by atoms with van der Waals surface area (Å²) in [5, 5.41) is 4.86. The van der Waals surface area contributed by atoms with Crippen molar-refractivity contribution in [3.8, 4) is 0 Å². The van der Waals surface area contributed by atoms with Gasteiger partial charge in [-0.2, -0.15) is 0 Å². The molecule has 2 aromatic carbocycles. The molecule has 3 amide bonds. The fourth-order valence-electron chi connectivity index (χ4n) is 3.05. The zero-order valence-electron chi connectivity index (χ0n) is 18.1. The van der Waals surface area contributed by atoms with Gasteiger partial charge in [-0.1, -0.05) is 39.0 Å². The minimum atomic E-state index is -1.70. The fraction of sp³-hybridized carbons (Fsp3) is 0.348. The summed E-state index contributed by atoms with van der Waals surface area (Å²) in [6.07, 6.45) is 0.524. The summed E-state index contributed by atoms with van der Waals surface area (Å²) in [6.45, 7) is 5.08. The lowest BCUT2D eigenvalue weighted by Crippen LogP contribution is -2.53. The Morgan fingerprint density at radius 2 is 1.62 bits per heavy atom. The van der Waals surface area contributed by atoms with Crippen LogP contribution < -0.4 is 10.6 Å². The van der Waals surface area contributed by atoms with Crippen molar-refractivity contribution < 1.29 is 27.6 Å². The summed E-state index contributed by atoms with van der Waals surface area (Å²) in [5.41, 5.74) is -0.143. The second-order valence-corrected chi connectivity index (χ2v) is 7.59. The normalized spacial score (nSPS) is 11.7. The minimum Gasteiger partial charge on any atom is -0.340 e. The van der Waals surface area contributed by atoms with E-state index in [1.54, 1.807) is 51.1 Å². The SMILES string of the molecule is CCCN(CC(=O)Nc1ccc(F)c(F)c1F)C(=O)C(NC(=O)c1ccccc1)C(C)C. The van der Waals surface area contributed by atoms with Gasteiger partial charge < -0.3 is 15.5 Å². The van der Waals surface area contributed by atoms with Gasteiger partial charge in [-0.25, -0.2) is 13.2 Å². The molecule has 32 heavy (non-hydrogen) atoms. The van der Waals surface area contributed by atoms with Crippen LogP contribution in [0.5, 0.6) is 0 Å². The molecular formula is C23H26F3N3O3. The Labute approximate surface area is 184 Å². The molecule has 0 radical (unpaired) electrons. The first kappa shape index (κ1) is 24.9. The molecule has 6 nitrogen and oxygen atoms in total. The lowest BCUT2D eigenvalue weighted by atomic mass is 10.0. The minimum absolute atomic E-state index is 0.205. The Balaban J connectivity index is 2.14. The van der Waals surface area contributed by atoms with E-state index in [0.29, 0.717) is 18.1 Å². The van der Waals surface area contributed by atoms with Gasteiger partial charge >= 0.3 is 0 Å². The van der Waals surface area contributed by atoms with Crippen molar-refractivity contribution in [3.05, 3.63) is 65.5 Å². The standard InChI is InChI=1S/C23H26F3N3O3/c1-4-12-29(13-18(30)27-17-11-10-16(24)19(25)20(17)26)23(32)21(14(2)3)28-22(31)15-8-6-5-7-9-15/h5-11,14,21H,4,12-13H2,1-3H3,(H,27,30)(H,28,31). The van der Waals surface area contributed by atoms with E-state index >= 15 is 0 Å². The molecule has 0 fully saturated rings. The monoisotopic (exact) mass is 449 g/mol. The van der Waals surface area contributed by atoms with Crippen LogP contribution in [-0.4, -0.2) is 41.8 Å². The molecule has 1 atom stereocenters. The Morgan fingerprint density at radius 3 is 2.22 bits per heavy atom. The highest BCUT2D eigenvalue weighted by Gasteiger charge is 2.30. The van der Waals surface area contributed by atoms with Gasteiger partial charge in [0, 0.05) is 12.1 Å². The Bertz CT molecular complexity index is 968. The Hall–Kier alpha value is -3.36. The first-order valence-electron chi connectivity index (χ1n) is 10.2. The molecule has 9 heteroatoms. The third-order valence-corrected chi connectivity index (χ3v) is 4.70. The van der Waals surface area contributed by atoms with E-state index in [-0.39, 0.29) is 12.5 Å². The number of nitrogens with one attached hydrogen (secondary N) is 2. The van der Waals surface area contributed by atoms with Gasteiger partial charge in [0.15, 0.2) is 17.5 Å². The highest BCUT2D eigenvalue weighted by molar-refractivity contribution is 5.99. The maximum atomic E-state index is 13.8. The summed E-state index contributed by atoms with van der Waals surface area (Å²) < 4.78 is 40.3. The van der Waals surface area contributed by atoms with Gasteiger partial charge in [0.05, 0.1) is 12.2 Å². The number of carbonyl (C=O) groups is 3. The van der Waals surface area contributed by atoms with E-state index in [1.807, 2.05) is 0 Å². The van der Waals surface area contributed by atoms with Crippen LogP contribution in [0.2, 0.25) is 0 Å². The molecule has 0 spiro atoms. The van der Waals surface area contributed by atoms with Crippen molar-refractivity contribution in [2.45, 2.75) is 33.2 Å². The summed E-state index contributed by atoms with van der Waals surface area (Å²) >= 11 is 0. The maximum absolute atomic E-state index is 13.8. The smallest absolute Gasteiger partial charge is 0.251 e. The summed E-state index contributed by atoms with van der Waals surface area (Å²) in [7, 11) is 0. The van der Waals surface area contributed by atoms with E-state index < -0.39 is 53.4 Å². The van der Waals surface area contributed by atoms with Gasteiger partial charge in [-0.3, -0.25) is 14.4 Å². The van der Waals surface area contributed by atoms with Crippen molar-refractivity contribution in [2.75, 3.05) is 18.4 Å². The van der Waals surface area contributed by atoms with Crippen molar-refractivity contribution >= 4 is 23.4 Å². The average molecular weight is 449 g/mol. The van der Waals surface area contributed by atoms with Crippen molar-refractivity contribution in [2.24, 2.45) is 5.92 Å². The summed E-state index contributed by atoms with van der Waals surface area (Å²) in [5.74, 6) is -6.57. The van der Waals surface area contributed by atoms with Crippen molar-refractivity contribution in [1.29, 1.82) is 0 Å².